The standard InChI is InChI=1S/C33H42F2N4O4/c1-18(2)11-28(39-29(40)15-19(3)26(37-39)9-10-38(7)8)33(43)36-27(17-30(41)42)25-16-23(12-22(6)32(25)35)31-20(4)13-24(34)14-21(31)5/h12-16,18,27-28H,9-11,17H2,1-8H3,(H,36,43)(H,41,42)/t27-,28-/m0/s1. The minimum absolute atomic E-state index is 0.00643. The molecule has 1 heterocycles. The van der Waals surface area contributed by atoms with E-state index in [1.807, 2.05) is 32.8 Å². The summed E-state index contributed by atoms with van der Waals surface area (Å²) in [6.07, 6.45) is 0.228. The van der Waals surface area contributed by atoms with Crippen molar-refractivity contribution in [3.05, 3.63) is 85.8 Å². The number of amides is 1. The van der Waals surface area contributed by atoms with Gasteiger partial charge in [-0.2, -0.15) is 5.10 Å². The number of aryl methyl sites for hydroxylation is 4. The van der Waals surface area contributed by atoms with E-state index in [9.17, 15) is 23.9 Å². The van der Waals surface area contributed by atoms with Crippen LogP contribution in [0.25, 0.3) is 11.1 Å². The molecule has 2 atom stereocenters. The second-order valence-corrected chi connectivity index (χ2v) is 12.0. The molecule has 3 rings (SSSR count). The smallest absolute Gasteiger partial charge is 0.305 e. The van der Waals surface area contributed by atoms with Gasteiger partial charge in [0.05, 0.1) is 18.2 Å². The van der Waals surface area contributed by atoms with Crippen molar-refractivity contribution in [2.24, 2.45) is 5.92 Å². The van der Waals surface area contributed by atoms with E-state index in [0.717, 1.165) is 10.2 Å². The number of benzene rings is 2. The molecule has 232 valence electrons. The van der Waals surface area contributed by atoms with E-state index in [2.05, 4.69) is 10.4 Å². The molecule has 0 aliphatic carbocycles. The van der Waals surface area contributed by atoms with Gasteiger partial charge in [-0.3, -0.25) is 14.4 Å². The molecule has 0 saturated carbocycles. The lowest BCUT2D eigenvalue weighted by Crippen LogP contribution is -2.41. The quantitative estimate of drug-likeness (QED) is 0.288. The van der Waals surface area contributed by atoms with Crippen molar-refractivity contribution in [2.45, 2.75) is 72.9 Å². The molecule has 0 saturated heterocycles. The average molecular weight is 597 g/mol. The topological polar surface area (TPSA) is 105 Å². The Hall–Kier alpha value is -3.92. The summed E-state index contributed by atoms with van der Waals surface area (Å²) in [5, 5.41) is 17.1. The maximum absolute atomic E-state index is 15.7. The molecule has 1 amide bonds. The molecule has 0 aliphatic rings. The normalized spacial score (nSPS) is 12.9. The zero-order valence-corrected chi connectivity index (χ0v) is 26.2. The summed E-state index contributed by atoms with van der Waals surface area (Å²) >= 11 is 0. The summed E-state index contributed by atoms with van der Waals surface area (Å²) in [4.78, 5) is 40.9. The van der Waals surface area contributed by atoms with Crippen molar-refractivity contribution in [2.75, 3.05) is 20.6 Å². The average Bonchev–Trinajstić information content (AvgIpc) is 2.87. The van der Waals surface area contributed by atoms with Crippen molar-refractivity contribution in [3.63, 3.8) is 0 Å². The molecule has 0 aliphatic heterocycles. The van der Waals surface area contributed by atoms with Gasteiger partial charge in [-0.05, 0) is 112 Å². The van der Waals surface area contributed by atoms with E-state index in [0.29, 0.717) is 40.9 Å². The van der Waals surface area contributed by atoms with Gasteiger partial charge in [0.25, 0.3) is 5.56 Å². The monoisotopic (exact) mass is 596 g/mol. The highest BCUT2D eigenvalue weighted by Gasteiger charge is 2.30. The zero-order valence-electron chi connectivity index (χ0n) is 26.2. The fourth-order valence-corrected chi connectivity index (χ4v) is 5.40. The Morgan fingerprint density at radius 2 is 1.60 bits per heavy atom. The van der Waals surface area contributed by atoms with E-state index < -0.39 is 47.6 Å². The summed E-state index contributed by atoms with van der Waals surface area (Å²) in [6.45, 7) is 11.3. The van der Waals surface area contributed by atoms with Crippen LogP contribution in [0.2, 0.25) is 0 Å². The van der Waals surface area contributed by atoms with Crippen LogP contribution in [0, 0.1) is 45.2 Å². The number of rotatable bonds is 12. The molecule has 1 aromatic heterocycles. The predicted octanol–water partition coefficient (Wildman–Crippen LogP) is 5.45. The van der Waals surface area contributed by atoms with Crippen LogP contribution in [0.3, 0.4) is 0 Å². The van der Waals surface area contributed by atoms with Gasteiger partial charge in [0.1, 0.15) is 17.7 Å². The highest BCUT2D eigenvalue weighted by Crippen LogP contribution is 2.34. The van der Waals surface area contributed by atoms with Gasteiger partial charge in [0, 0.05) is 24.6 Å². The Bertz CT molecular complexity index is 1540. The summed E-state index contributed by atoms with van der Waals surface area (Å²) in [7, 11) is 3.86. The second kappa shape index (κ2) is 14.0. The molecule has 0 fully saturated rings. The van der Waals surface area contributed by atoms with Crippen LogP contribution < -0.4 is 10.9 Å². The first kappa shape index (κ1) is 33.6. The molecule has 8 nitrogen and oxygen atoms in total. The van der Waals surface area contributed by atoms with Crippen LogP contribution in [0.15, 0.2) is 35.1 Å². The van der Waals surface area contributed by atoms with Crippen molar-refractivity contribution in [3.8, 4) is 11.1 Å². The molecule has 0 spiro atoms. The maximum atomic E-state index is 15.7. The van der Waals surface area contributed by atoms with Crippen LogP contribution in [-0.2, 0) is 16.0 Å². The van der Waals surface area contributed by atoms with Gasteiger partial charge in [0.2, 0.25) is 5.91 Å². The van der Waals surface area contributed by atoms with Gasteiger partial charge in [0.15, 0.2) is 0 Å². The Morgan fingerprint density at radius 1 is 0.977 bits per heavy atom. The number of halogens is 2. The number of carbonyl (C=O) groups excluding carboxylic acids is 1. The SMILES string of the molecule is Cc1cc(=O)n([C@@H](CC(C)C)C(=O)N[C@@H](CC(=O)O)c2cc(-c3c(C)cc(F)cc3C)cc(C)c2F)nc1CCN(C)C. The Balaban J connectivity index is 2.10. The third-order valence-corrected chi connectivity index (χ3v) is 7.48. The largest absolute Gasteiger partial charge is 0.481 e. The van der Waals surface area contributed by atoms with Crippen LogP contribution in [0.5, 0.6) is 0 Å². The van der Waals surface area contributed by atoms with Gasteiger partial charge < -0.3 is 15.3 Å². The lowest BCUT2D eigenvalue weighted by Gasteiger charge is -2.26. The first-order valence-corrected chi connectivity index (χ1v) is 14.4. The van der Waals surface area contributed by atoms with Crippen LogP contribution in [0.1, 0.15) is 72.3 Å². The number of hydrogen-bond donors (Lipinski definition) is 2. The molecule has 43 heavy (non-hydrogen) atoms. The number of hydrogen-bond acceptors (Lipinski definition) is 5. The number of carbonyl (C=O) groups is 2. The van der Waals surface area contributed by atoms with Gasteiger partial charge >= 0.3 is 5.97 Å². The number of carboxylic acids is 1. The first-order chi connectivity index (χ1) is 20.1. The molecule has 10 heteroatoms. The highest BCUT2D eigenvalue weighted by molar-refractivity contribution is 5.82. The molecule has 0 unspecified atom stereocenters. The molecular formula is C33H42F2N4O4. The molecule has 2 aromatic carbocycles. The molecule has 0 radical (unpaired) electrons. The van der Waals surface area contributed by atoms with Crippen LogP contribution in [0.4, 0.5) is 8.78 Å². The van der Waals surface area contributed by atoms with E-state index in [-0.39, 0.29) is 23.5 Å². The Kier molecular flexibility index (Phi) is 11.0. The van der Waals surface area contributed by atoms with E-state index in [1.165, 1.54) is 24.3 Å². The minimum atomic E-state index is -1.24. The molecular weight excluding hydrogens is 554 g/mol. The Labute approximate surface area is 251 Å². The van der Waals surface area contributed by atoms with Crippen molar-refractivity contribution in [1.29, 1.82) is 0 Å². The number of nitrogens with one attached hydrogen (secondary N) is 1. The third kappa shape index (κ3) is 8.34. The highest BCUT2D eigenvalue weighted by atomic mass is 19.1. The van der Waals surface area contributed by atoms with Crippen LogP contribution >= 0.6 is 0 Å². The van der Waals surface area contributed by atoms with Gasteiger partial charge in [-0.15, -0.1) is 0 Å². The van der Waals surface area contributed by atoms with Gasteiger partial charge in [-0.25, -0.2) is 13.5 Å². The lowest BCUT2D eigenvalue weighted by molar-refractivity contribution is -0.138. The fraction of sp³-hybridized carbons (Fsp3) is 0.455. The third-order valence-electron chi connectivity index (χ3n) is 7.48. The number of likely N-dealkylation sites (N-methyl/N-ethyl adjacent to an activating group) is 1. The lowest BCUT2D eigenvalue weighted by atomic mass is 9.90. The molecule has 3 aromatic rings. The predicted molar refractivity (Wildman–Crippen MR) is 163 cm³/mol. The van der Waals surface area contributed by atoms with Crippen molar-refractivity contribution in [1.82, 2.24) is 20.0 Å². The number of carboxylic acid groups (broad SMARTS) is 1. The molecule has 0 bridgehead atoms. The van der Waals surface area contributed by atoms with Gasteiger partial charge in [-0.1, -0.05) is 13.8 Å². The number of aliphatic carboxylic acids is 1. The molecule has 2 N–H and O–H groups in total. The minimum Gasteiger partial charge on any atom is -0.481 e. The Morgan fingerprint density at radius 3 is 2.16 bits per heavy atom. The van der Waals surface area contributed by atoms with Crippen molar-refractivity contribution < 1.29 is 23.5 Å². The summed E-state index contributed by atoms with van der Waals surface area (Å²) in [5.74, 6) is -2.92. The first-order valence-electron chi connectivity index (χ1n) is 14.4. The van der Waals surface area contributed by atoms with E-state index in [4.69, 9.17) is 0 Å². The van der Waals surface area contributed by atoms with Crippen molar-refractivity contribution >= 4 is 11.9 Å². The zero-order chi connectivity index (χ0) is 32.2. The van der Waals surface area contributed by atoms with E-state index >= 15 is 4.39 Å². The van der Waals surface area contributed by atoms with Crippen LogP contribution in [-0.4, -0.2) is 52.3 Å². The second-order valence-electron chi connectivity index (χ2n) is 12.0. The summed E-state index contributed by atoms with van der Waals surface area (Å²) < 4.78 is 30.9. The van der Waals surface area contributed by atoms with E-state index in [1.54, 1.807) is 33.8 Å². The number of nitrogens with zero attached hydrogens (tertiary/aromatic N) is 3. The number of aromatic nitrogens is 2. The maximum Gasteiger partial charge on any atom is 0.305 e. The summed E-state index contributed by atoms with van der Waals surface area (Å²) in [6, 6.07) is 5.06. The fourth-order valence-electron chi connectivity index (χ4n) is 5.40. The summed E-state index contributed by atoms with van der Waals surface area (Å²) in [5.41, 5.74) is 3.74.